The largest absolute Gasteiger partial charge is 0.504 e. The Labute approximate surface area is 162 Å². The maximum Gasteiger partial charge on any atom is 0.157 e. The molecular formula is C21H24O7. The fourth-order valence-corrected chi connectivity index (χ4v) is 4.23. The zero-order valence-electron chi connectivity index (χ0n) is 15.4. The lowest BCUT2D eigenvalue weighted by Crippen LogP contribution is -2.55. The van der Waals surface area contributed by atoms with Gasteiger partial charge in [-0.15, -0.1) is 0 Å². The third kappa shape index (κ3) is 3.05. The number of phenols is 2. The van der Waals surface area contributed by atoms with Crippen molar-refractivity contribution in [3.05, 3.63) is 57.6 Å². The SMILES string of the molecule is Cc1cc2c(cc1[C@@H]1O[C@H](CO)[C@@H](O)[C@H](O)[C@H]1O)Cc1cc(O)c(O)cc1C2. The molecule has 0 radical (unpaired) electrons. The van der Waals surface area contributed by atoms with Crippen LogP contribution >= 0.6 is 0 Å². The van der Waals surface area contributed by atoms with Crippen LogP contribution < -0.4 is 0 Å². The number of benzene rings is 2. The van der Waals surface area contributed by atoms with Crippen LogP contribution in [0.4, 0.5) is 0 Å². The molecule has 1 aliphatic carbocycles. The van der Waals surface area contributed by atoms with Crippen molar-refractivity contribution in [2.45, 2.75) is 50.3 Å². The molecule has 0 amide bonds. The van der Waals surface area contributed by atoms with Crippen molar-refractivity contribution >= 4 is 0 Å². The van der Waals surface area contributed by atoms with E-state index in [1.54, 1.807) is 12.1 Å². The zero-order valence-corrected chi connectivity index (χ0v) is 15.4. The lowest BCUT2D eigenvalue weighted by molar-refractivity contribution is -0.231. The minimum Gasteiger partial charge on any atom is -0.504 e. The quantitative estimate of drug-likeness (QED) is 0.351. The second-order valence-corrected chi connectivity index (χ2v) is 7.69. The Hall–Kier alpha value is -2.16. The normalized spacial score (nSPS) is 29.2. The van der Waals surface area contributed by atoms with Crippen LogP contribution in [0.15, 0.2) is 24.3 Å². The van der Waals surface area contributed by atoms with E-state index >= 15 is 0 Å². The van der Waals surface area contributed by atoms with E-state index in [9.17, 15) is 30.6 Å². The van der Waals surface area contributed by atoms with E-state index in [4.69, 9.17) is 4.74 Å². The predicted molar refractivity (Wildman–Crippen MR) is 99.3 cm³/mol. The van der Waals surface area contributed by atoms with Gasteiger partial charge in [0.1, 0.15) is 30.5 Å². The van der Waals surface area contributed by atoms with E-state index < -0.39 is 37.1 Å². The molecule has 0 spiro atoms. The molecule has 2 aromatic carbocycles. The van der Waals surface area contributed by atoms with Gasteiger partial charge in [-0.2, -0.15) is 0 Å². The monoisotopic (exact) mass is 388 g/mol. The Bertz CT molecular complexity index is 908. The summed E-state index contributed by atoms with van der Waals surface area (Å²) in [7, 11) is 0. The third-order valence-corrected chi connectivity index (χ3v) is 5.85. The van der Waals surface area contributed by atoms with Crippen LogP contribution in [0.5, 0.6) is 11.5 Å². The summed E-state index contributed by atoms with van der Waals surface area (Å²) in [6.07, 6.45) is -4.83. The molecule has 1 heterocycles. The van der Waals surface area contributed by atoms with Crippen molar-refractivity contribution < 1.29 is 35.4 Å². The van der Waals surface area contributed by atoms with Gasteiger partial charge in [-0.25, -0.2) is 0 Å². The summed E-state index contributed by atoms with van der Waals surface area (Å²) in [5, 5.41) is 59.5. The molecule has 0 saturated carbocycles. The highest BCUT2D eigenvalue weighted by atomic mass is 16.5. The molecule has 150 valence electrons. The number of hydrogen-bond donors (Lipinski definition) is 6. The highest BCUT2D eigenvalue weighted by molar-refractivity contribution is 5.54. The minimum absolute atomic E-state index is 0.142. The fraction of sp³-hybridized carbons (Fsp3) is 0.429. The molecule has 4 rings (SSSR count). The van der Waals surface area contributed by atoms with Crippen LogP contribution in [0.2, 0.25) is 0 Å². The number of fused-ring (bicyclic) bond motifs is 2. The topological polar surface area (TPSA) is 131 Å². The van der Waals surface area contributed by atoms with Gasteiger partial charge >= 0.3 is 0 Å². The molecule has 1 aliphatic heterocycles. The molecule has 0 unspecified atom stereocenters. The number of ether oxygens (including phenoxy) is 1. The van der Waals surface area contributed by atoms with Gasteiger partial charge in [0.25, 0.3) is 0 Å². The van der Waals surface area contributed by atoms with Gasteiger partial charge in [0, 0.05) is 0 Å². The summed E-state index contributed by atoms with van der Waals surface area (Å²) in [6.45, 7) is 1.41. The van der Waals surface area contributed by atoms with E-state index in [0.29, 0.717) is 18.4 Å². The van der Waals surface area contributed by atoms with Gasteiger partial charge in [0.05, 0.1) is 6.61 Å². The average molecular weight is 388 g/mol. The van der Waals surface area contributed by atoms with Crippen LogP contribution in [0.3, 0.4) is 0 Å². The Morgan fingerprint density at radius 1 is 0.821 bits per heavy atom. The molecule has 2 aromatic rings. The number of aromatic hydroxyl groups is 2. The first-order valence-electron chi connectivity index (χ1n) is 9.26. The van der Waals surface area contributed by atoms with Crippen molar-refractivity contribution in [3.63, 3.8) is 0 Å². The number of rotatable bonds is 2. The maximum atomic E-state index is 10.5. The van der Waals surface area contributed by atoms with Crippen molar-refractivity contribution in [2.24, 2.45) is 0 Å². The lowest BCUT2D eigenvalue weighted by Gasteiger charge is -2.41. The van der Waals surface area contributed by atoms with Crippen LogP contribution in [-0.2, 0) is 17.6 Å². The third-order valence-electron chi connectivity index (χ3n) is 5.85. The molecule has 7 heteroatoms. The Morgan fingerprint density at radius 3 is 1.93 bits per heavy atom. The summed E-state index contributed by atoms with van der Waals surface area (Å²) in [5.41, 5.74) is 5.46. The van der Waals surface area contributed by atoms with Crippen LogP contribution in [-0.4, -0.2) is 61.7 Å². The van der Waals surface area contributed by atoms with Crippen molar-refractivity contribution in [1.29, 1.82) is 0 Å². The summed E-state index contributed by atoms with van der Waals surface area (Å²) in [6, 6.07) is 7.03. The van der Waals surface area contributed by atoms with Crippen LogP contribution in [0, 0.1) is 6.92 Å². The van der Waals surface area contributed by atoms with E-state index in [0.717, 1.165) is 27.8 Å². The first kappa shape index (κ1) is 19.2. The number of phenolic OH excluding ortho intramolecular Hbond substituents is 2. The van der Waals surface area contributed by atoms with Gasteiger partial charge in [-0.05, 0) is 65.3 Å². The van der Waals surface area contributed by atoms with E-state index in [-0.39, 0.29) is 11.5 Å². The molecular weight excluding hydrogens is 364 g/mol. The van der Waals surface area contributed by atoms with E-state index in [1.807, 2.05) is 19.1 Å². The fourth-order valence-electron chi connectivity index (χ4n) is 4.23. The average Bonchev–Trinajstić information content (AvgIpc) is 2.66. The molecule has 28 heavy (non-hydrogen) atoms. The second kappa shape index (κ2) is 7.02. The summed E-state index contributed by atoms with van der Waals surface area (Å²) in [4.78, 5) is 0. The number of hydrogen-bond acceptors (Lipinski definition) is 7. The number of aryl methyl sites for hydroxylation is 1. The van der Waals surface area contributed by atoms with Crippen molar-refractivity contribution in [2.75, 3.05) is 6.61 Å². The molecule has 1 saturated heterocycles. The number of aliphatic hydroxyl groups is 4. The Morgan fingerprint density at radius 2 is 1.36 bits per heavy atom. The standard InChI is InChI=1S/C21H24O7/c1-9-2-10-3-12-6-15(23)16(24)7-13(12)4-11(10)5-14(9)21-20(27)19(26)18(25)17(8-22)28-21/h2,5-7,17-27H,3-4,8H2,1H3/t17-,18-,19+,20-,21+/m1/s1. The van der Waals surface area contributed by atoms with Gasteiger partial charge in [0.2, 0.25) is 0 Å². The molecule has 5 atom stereocenters. The maximum absolute atomic E-state index is 10.5. The summed E-state index contributed by atoms with van der Waals surface area (Å²) >= 11 is 0. The van der Waals surface area contributed by atoms with Gasteiger partial charge in [-0.1, -0.05) is 12.1 Å². The molecule has 1 fully saturated rings. The predicted octanol–water partition coefficient (Wildman–Crippen LogP) is 0.416. The molecule has 0 bridgehead atoms. The highest BCUT2D eigenvalue weighted by Crippen LogP contribution is 2.39. The van der Waals surface area contributed by atoms with Crippen LogP contribution in [0.25, 0.3) is 0 Å². The first-order chi connectivity index (χ1) is 13.3. The van der Waals surface area contributed by atoms with Gasteiger partial charge in [0.15, 0.2) is 11.5 Å². The molecule has 7 nitrogen and oxygen atoms in total. The highest BCUT2D eigenvalue weighted by Gasteiger charge is 2.44. The summed E-state index contributed by atoms with van der Waals surface area (Å²) in [5.74, 6) is -0.305. The zero-order chi connectivity index (χ0) is 20.2. The lowest BCUT2D eigenvalue weighted by atomic mass is 9.81. The minimum atomic E-state index is -1.42. The van der Waals surface area contributed by atoms with Crippen molar-refractivity contribution in [1.82, 2.24) is 0 Å². The van der Waals surface area contributed by atoms with E-state index in [2.05, 4.69) is 0 Å². The van der Waals surface area contributed by atoms with Gasteiger partial charge < -0.3 is 35.4 Å². The van der Waals surface area contributed by atoms with Crippen molar-refractivity contribution in [3.8, 4) is 11.5 Å². The molecule has 0 aromatic heterocycles. The molecule has 2 aliphatic rings. The second-order valence-electron chi connectivity index (χ2n) is 7.69. The van der Waals surface area contributed by atoms with Gasteiger partial charge in [-0.3, -0.25) is 0 Å². The molecule has 6 N–H and O–H groups in total. The Kier molecular flexibility index (Phi) is 4.81. The van der Waals surface area contributed by atoms with E-state index in [1.165, 1.54) is 0 Å². The summed E-state index contributed by atoms with van der Waals surface area (Å²) < 4.78 is 5.71. The smallest absolute Gasteiger partial charge is 0.157 e. The Balaban J connectivity index is 1.71. The first-order valence-corrected chi connectivity index (χ1v) is 9.26. The number of aliphatic hydroxyl groups excluding tert-OH is 4. The van der Waals surface area contributed by atoms with Crippen LogP contribution in [0.1, 0.15) is 39.5 Å².